The van der Waals surface area contributed by atoms with Gasteiger partial charge in [0.1, 0.15) is 0 Å². The van der Waals surface area contributed by atoms with Crippen LogP contribution < -0.4 is 0 Å². The zero-order valence-electron chi connectivity index (χ0n) is 11.2. The highest BCUT2D eigenvalue weighted by Crippen LogP contribution is 2.47. The minimum Gasteiger partial charge on any atom is -0.309 e. The summed E-state index contributed by atoms with van der Waals surface area (Å²) in [4.78, 5) is 0. The summed E-state index contributed by atoms with van der Waals surface area (Å²) in [5.74, 6) is 1.53. The van der Waals surface area contributed by atoms with Crippen molar-refractivity contribution in [3.05, 3.63) is 24.0 Å². The van der Waals surface area contributed by atoms with Crippen molar-refractivity contribution in [3.63, 3.8) is 0 Å². The van der Waals surface area contributed by atoms with Crippen LogP contribution in [0.25, 0.3) is 0 Å². The number of hydrogen-bond acceptors (Lipinski definition) is 3. The van der Waals surface area contributed by atoms with Gasteiger partial charge in [-0.2, -0.15) is 0 Å². The maximum absolute atomic E-state index is 11.6. The van der Waals surface area contributed by atoms with Gasteiger partial charge in [0.2, 0.25) is 0 Å². The molecular weight excluding hydrogens is 235 g/mol. The van der Waals surface area contributed by atoms with E-state index in [1.807, 2.05) is 6.08 Å². The predicted octanol–water partition coefficient (Wildman–Crippen LogP) is 4.90. The van der Waals surface area contributed by atoms with E-state index in [-0.39, 0.29) is 0 Å². The van der Waals surface area contributed by atoms with Gasteiger partial charge in [0, 0.05) is 20.0 Å². The van der Waals surface area contributed by atoms with Crippen molar-refractivity contribution in [1.82, 2.24) is 0 Å². The molecule has 0 saturated carbocycles. The first kappa shape index (κ1) is 16.6. The maximum atomic E-state index is 11.6. The highest BCUT2D eigenvalue weighted by Gasteiger charge is 2.14. The minimum absolute atomic E-state index is 0.862. The molecule has 17 heavy (non-hydrogen) atoms. The van der Waals surface area contributed by atoms with Crippen molar-refractivity contribution in [1.29, 1.82) is 0 Å². The first-order valence-corrected chi connectivity index (χ1v) is 7.83. The molecule has 0 heterocycles. The Kier molecular flexibility index (Phi) is 10.5. The third-order valence-corrected chi connectivity index (χ3v) is 4.03. The molecule has 0 radical (unpaired) electrons. The van der Waals surface area contributed by atoms with Crippen molar-refractivity contribution >= 4 is 7.60 Å². The van der Waals surface area contributed by atoms with E-state index in [1.165, 1.54) is 39.3 Å². The topological polar surface area (TPSA) is 35.5 Å². The Morgan fingerprint density at radius 2 is 1.53 bits per heavy atom. The zero-order chi connectivity index (χ0) is 13.0. The van der Waals surface area contributed by atoms with Gasteiger partial charge in [-0.25, -0.2) is 0 Å². The second-order valence-electron chi connectivity index (χ2n) is 3.83. The lowest BCUT2D eigenvalue weighted by atomic mass is 10.2. The van der Waals surface area contributed by atoms with Gasteiger partial charge < -0.3 is 9.05 Å². The van der Waals surface area contributed by atoms with Crippen molar-refractivity contribution in [2.75, 3.05) is 14.2 Å². The smallest absolute Gasteiger partial charge is 0.309 e. The first-order valence-electron chi connectivity index (χ1n) is 6.22. The lowest BCUT2D eigenvalue weighted by molar-refractivity contribution is 0.286. The number of unbranched alkanes of at least 4 members (excludes halogenated alkanes) is 4. The molecule has 3 nitrogen and oxygen atoms in total. The van der Waals surface area contributed by atoms with E-state index >= 15 is 0 Å². The second kappa shape index (κ2) is 10.8. The summed E-state index contributed by atoms with van der Waals surface area (Å²) in [6, 6.07) is 0. The van der Waals surface area contributed by atoms with Crippen LogP contribution in [0.15, 0.2) is 24.0 Å². The predicted molar refractivity (Wildman–Crippen MR) is 73.3 cm³/mol. The van der Waals surface area contributed by atoms with E-state index < -0.39 is 7.60 Å². The van der Waals surface area contributed by atoms with Crippen LogP contribution in [0.5, 0.6) is 0 Å². The molecule has 0 saturated heterocycles. The average molecular weight is 260 g/mol. The third kappa shape index (κ3) is 9.34. The molecule has 0 bridgehead atoms. The molecule has 0 aliphatic carbocycles. The Morgan fingerprint density at radius 3 is 2.12 bits per heavy atom. The molecule has 0 spiro atoms. The van der Waals surface area contributed by atoms with E-state index in [1.54, 1.807) is 0 Å². The normalized spacial score (nSPS) is 12.9. The summed E-state index contributed by atoms with van der Waals surface area (Å²) in [6.07, 6.45) is 13.1. The van der Waals surface area contributed by atoms with Crippen LogP contribution >= 0.6 is 7.60 Å². The lowest BCUT2D eigenvalue weighted by Gasteiger charge is -2.07. The van der Waals surface area contributed by atoms with Gasteiger partial charge in [-0.3, -0.25) is 4.57 Å². The van der Waals surface area contributed by atoms with Crippen LogP contribution in [0.3, 0.4) is 0 Å². The zero-order valence-corrected chi connectivity index (χ0v) is 12.1. The molecule has 0 rings (SSSR count). The quantitative estimate of drug-likeness (QED) is 0.318. The molecule has 100 valence electrons. The van der Waals surface area contributed by atoms with Gasteiger partial charge in [0.05, 0.1) is 0 Å². The fourth-order valence-electron chi connectivity index (χ4n) is 1.34. The summed E-state index contributed by atoms with van der Waals surface area (Å²) < 4.78 is 21.2. The molecule has 0 aliphatic heterocycles. The Hall–Kier alpha value is -0.370. The Morgan fingerprint density at radius 1 is 0.941 bits per heavy atom. The number of rotatable bonds is 10. The molecule has 4 heteroatoms. The maximum Gasteiger partial charge on any atom is 0.353 e. The summed E-state index contributed by atoms with van der Waals surface area (Å²) in [7, 11) is -0.174. The Labute approximate surface area is 105 Å². The molecule has 0 aromatic rings. The van der Waals surface area contributed by atoms with Crippen molar-refractivity contribution in [2.24, 2.45) is 0 Å². The largest absolute Gasteiger partial charge is 0.353 e. The molecule has 0 aromatic heterocycles. The van der Waals surface area contributed by atoms with Gasteiger partial charge >= 0.3 is 7.60 Å². The van der Waals surface area contributed by atoms with Gasteiger partial charge in [0.25, 0.3) is 0 Å². The number of allylic oxidation sites excluding steroid dienone is 3. The SMILES string of the molecule is CCCCC/C=C/CC/C=C/P(=O)(OC)OC. The van der Waals surface area contributed by atoms with Crippen LogP contribution in [-0.2, 0) is 13.6 Å². The van der Waals surface area contributed by atoms with E-state index in [4.69, 9.17) is 9.05 Å². The van der Waals surface area contributed by atoms with E-state index in [0.29, 0.717) is 0 Å². The summed E-state index contributed by atoms with van der Waals surface area (Å²) >= 11 is 0. The van der Waals surface area contributed by atoms with E-state index in [9.17, 15) is 4.57 Å². The molecule has 0 N–H and O–H groups in total. The minimum atomic E-state index is -2.96. The first-order chi connectivity index (χ1) is 8.18. The highest BCUT2D eigenvalue weighted by atomic mass is 31.2. The van der Waals surface area contributed by atoms with Gasteiger partial charge in [-0.05, 0) is 25.7 Å². The standard InChI is InChI=1S/C13H25O3P/c1-4-5-6-7-8-9-10-11-12-13-17(14,15-2)16-3/h8-9,12-13H,4-7,10-11H2,1-3H3/b9-8+,13-12+. The molecule has 0 aromatic carbocycles. The third-order valence-electron chi connectivity index (χ3n) is 2.44. The second-order valence-corrected chi connectivity index (χ2v) is 5.94. The van der Waals surface area contributed by atoms with E-state index in [2.05, 4.69) is 19.1 Å². The molecule has 0 amide bonds. The summed E-state index contributed by atoms with van der Waals surface area (Å²) in [5.41, 5.74) is 0. The molecule has 0 unspecified atom stereocenters. The van der Waals surface area contributed by atoms with Gasteiger partial charge in [-0.1, -0.05) is 38.0 Å². The lowest BCUT2D eigenvalue weighted by Crippen LogP contribution is -1.83. The monoisotopic (exact) mass is 260 g/mol. The summed E-state index contributed by atoms with van der Waals surface area (Å²) in [6.45, 7) is 2.21. The van der Waals surface area contributed by atoms with Crippen LogP contribution in [0.2, 0.25) is 0 Å². The molecule has 0 atom stereocenters. The van der Waals surface area contributed by atoms with Crippen molar-refractivity contribution in [3.8, 4) is 0 Å². The Balaban J connectivity index is 3.63. The van der Waals surface area contributed by atoms with E-state index in [0.717, 1.165) is 19.3 Å². The van der Waals surface area contributed by atoms with Crippen molar-refractivity contribution < 1.29 is 13.6 Å². The fraction of sp³-hybridized carbons (Fsp3) is 0.692. The Bertz CT molecular complexity index is 264. The summed E-state index contributed by atoms with van der Waals surface area (Å²) in [5, 5.41) is 0. The highest BCUT2D eigenvalue weighted by molar-refractivity contribution is 7.57. The molecule has 0 fully saturated rings. The van der Waals surface area contributed by atoms with Crippen molar-refractivity contribution in [2.45, 2.75) is 45.4 Å². The van der Waals surface area contributed by atoms with Gasteiger partial charge in [-0.15, -0.1) is 0 Å². The number of hydrogen-bond donors (Lipinski definition) is 0. The van der Waals surface area contributed by atoms with Crippen LogP contribution in [0.1, 0.15) is 45.4 Å². The fourth-order valence-corrected chi connectivity index (χ4v) is 2.14. The molecular formula is C13H25O3P. The van der Waals surface area contributed by atoms with Gasteiger partial charge in [0.15, 0.2) is 0 Å². The van der Waals surface area contributed by atoms with Crippen LogP contribution in [0, 0.1) is 0 Å². The van der Waals surface area contributed by atoms with Crippen LogP contribution in [0.4, 0.5) is 0 Å². The van der Waals surface area contributed by atoms with Crippen LogP contribution in [-0.4, -0.2) is 14.2 Å². The average Bonchev–Trinajstić information content (AvgIpc) is 2.36. The molecule has 0 aliphatic rings.